The molecule has 3 atom stereocenters. The second kappa shape index (κ2) is 12.8. The summed E-state index contributed by atoms with van der Waals surface area (Å²) < 4.78 is 39.4. The summed E-state index contributed by atoms with van der Waals surface area (Å²) in [5.41, 5.74) is 2.35. The third kappa shape index (κ3) is 6.79. The number of cyclic esters (lactones) is 1. The highest BCUT2D eigenvalue weighted by Gasteiger charge is 2.34. The van der Waals surface area contributed by atoms with Crippen molar-refractivity contribution >= 4 is 29.5 Å². The third-order valence-electron chi connectivity index (χ3n) is 8.03. The van der Waals surface area contributed by atoms with Crippen molar-refractivity contribution < 1.29 is 32.6 Å². The van der Waals surface area contributed by atoms with E-state index in [-0.39, 0.29) is 41.8 Å². The van der Waals surface area contributed by atoms with E-state index in [0.717, 1.165) is 12.8 Å². The van der Waals surface area contributed by atoms with Gasteiger partial charge in [-0.2, -0.15) is 0 Å². The van der Waals surface area contributed by atoms with Gasteiger partial charge in [0.1, 0.15) is 23.6 Å². The number of hydrogen-bond acceptors (Lipinski definition) is 6. The first-order valence-corrected chi connectivity index (χ1v) is 14.4. The van der Waals surface area contributed by atoms with Crippen LogP contribution in [0.1, 0.15) is 68.0 Å². The standard InChI is InChI=1S/C31H35F2N5O5/c1-17-5-4-6-19(16-38-12-11-25(43-31(38)41)27-22(32)10-7-18(2)28(27)33)29-34-15-24(37-29)21-9-8-20(35-30(40)42-3)14-23(21)36-26(39)13-17/h7-10,14-15,17,19,25H,4-6,11-13,16H2,1-3H3,(H,34,37)(H,35,40)(H,36,39)/t17-,19+,25+/m0/s1. The van der Waals surface area contributed by atoms with Crippen LogP contribution in [0.15, 0.2) is 36.5 Å². The fourth-order valence-electron chi connectivity index (χ4n) is 5.69. The molecular formula is C31H35F2N5O5. The lowest BCUT2D eigenvalue weighted by Crippen LogP contribution is -2.41. The monoisotopic (exact) mass is 595 g/mol. The number of carbonyl (C=O) groups excluding carboxylic acids is 3. The van der Waals surface area contributed by atoms with Crippen molar-refractivity contribution in [3.8, 4) is 11.3 Å². The van der Waals surface area contributed by atoms with E-state index in [9.17, 15) is 23.2 Å². The number of rotatable bonds is 4. The topological polar surface area (TPSA) is 126 Å². The molecule has 43 heavy (non-hydrogen) atoms. The first kappa shape index (κ1) is 30.0. The number of halogens is 2. The molecule has 1 saturated heterocycles. The number of nitrogens with zero attached hydrogens (tertiary/aromatic N) is 2. The molecule has 228 valence electrons. The van der Waals surface area contributed by atoms with Gasteiger partial charge in [0.15, 0.2) is 0 Å². The van der Waals surface area contributed by atoms with Crippen molar-refractivity contribution in [3.05, 3.63) is 65.1 Å². The molecule has 3 N–H and O–H groups in total. The van der Waals surface area contributed by atoms with Gasteiger partial charge in [0.05, 0.1) is 30.3 Å². The Hall–Kier alpha value is -4.48. The molecule has 0 radical (unpaired) electrons. The molecule has 3 amide bonds. The Bertz CT molecular complexity index is 1530. The molecule has 2 bridgehead atoms. The lowest BCUT2D eigenvalue weighted by atomic mass is 9.94. The SMILES string of the molecule is COC(=O)Nc1ccc2c(c1)NC(=O)C[C@@H](C)CCC[C@H](CN1CC[C@H](c3c(F)ccc(C)c3F)OC1=O)c1ncc-2[nH]1. The molecule has 0 unspecified atom stereocenters. The summed E-state index contributed by atoms with van der Waals surface area (Å²) in [6.07, 6.45) is 2.24. The van der Waals surface area contributed by atoms with Gasteiger partial charge in [-0.15, -0.1) is 0 Å². The minimum Gasteiger partial charge on any atom is -0.453 e. The number of aromatic nitrogens is 2. The largest absolute Gasteiger partial charge is 0.453 e. The van der Waals surface area contributed by atoms with Crippen molar-refractivity contribution in [2.75, 3.05) is 30.8 Å². The molecular weight excluding hydrogens is 560 g/mol. The first-order chi connectivity index (χ1) is 20.6. The maximum Gasteiger partial charge on any atom is 0.411 e. The molecule has 2 aromatic carbocycles. The Balaban J connectivity index is 1.38. The zero-order valence-electron chi connectivity index (χ0n) is 24.3. The zero-order valence-corrected chi connectivity index (χ0v) is 24.3. The third-order valence-corrected chi connectivity index (χ3v) is 8.03. The number of aromatic amines is 1. The van der Waals surface area contributed by atoms with Crippen molar-refractivity contribution in [2.24, 2.45) is 5.92 Å². The predicted octanol–water partition coefficient (Wildman–Crippen LogP) is 6.66. The molecule has 3 aromatic rings. The van der Waals surface area contributed by atoms with Crippen molar-refractivity contribution in [2.45, 2.75) is 58.0 Å². The highest BCUT2D eigenvalue weighted by molar-refractivity contribution is 5.97. The summed E-state index contributed by atoms with van der Waals surface area (Å²) in [7, 11) is 1.27. The Kier molecular flexibility index (Phi) is 8.93. The average Bonchev–Trinajstić information content (AvgIpc) is 3.45. The van der Waals surface area contributed by atoms with Crippen LogP contribution >= 0.6 is 0 Å². The van der Waals surface area contributed by atoms with E-state index in [1.54, 1.807) is 36.2 Å². The Labute approximate surface area is 248 Å². The van der Waals surface area contributed by atoms with Gasteiger partial charge in [0, 0.05) is 43.1 Å². The summed E-state index contributed by atoms with van der Waals surface area (Å²) in [5, 5.41) is 5.58. The van der Waals surface area contributed by atoms with Gasteiger partial charge in [-0.05, 0) is 49.1 Å². The summed E-state index contributed by atoms with van der Waals surface area (Å²) in [6, 6.07) is 7.67. The minimum absolute atomic E-state index is 0.104. The van der Waals surface area contributed by atoms with E-state index in [0.29, 0.717) is 47.8 Å². The van der Waals surface area contributed by atoms with Crippen LogP contribution in [0, 0.1) is 24.5 Å². The minimum atomic E-state index is -1.00. The van der Waals surface area contributed by atoms with Gasteiger partial charge in [0.25, 0.3) is 0 Å². The molecule has 3 heterocycles. The van der Waals surface area contributed by atoms with Gasteiger partial charge in [-0.1, -0.05) is 25.8 Å². The number of hydrogen-bond donors (Lipinski definition) is 3. The summed E-state index contributed by atoms with van der Waals surface area (Å²) in [6.45, 7) is 4.13. The van der Waals surface area contributed by atoms with Crippen LogP contribution in [0.3, 0.4) is 0 Å². The van der Waals surface area contributed by atoms with Crippen LogP contribution in [0.2, 0.25) is 0 Å². The van der Waals surface area contributed by atoms with Crippen LogP contribution in [-0.4, -0.2) is 53.2 Å². The number of imidazole rings is 1. The second-order valence-electron chi connectivity index (χ2n) is 11.2. The predicted molar refractivity (Wildman–Crippen MR) is 156 cm³/mol. The number of ether oxygens (including phenoxy) is 2. The average molecular weight is 596 g/mol. The molecule has 2 aliphatic heterocycles. The number of aryl methyl sites for hydroxylation is 1. The quantitative estimate of drug-likeness (QED) is 0.310. The fraction of sp³-hybridized carbons (Fsp3) is 0.419. The van der Waals surface area contributed by atoms with Crippen LogP contribution in [0.4, 0.5) is 29.7 Å². The summed E-state index contributed by atoms with van der Waals surface area (Å²) in [5.74, 6) is -0.977. The number of anilines is 2. The molecule has 2 aliphatic rings. The van der Waals surface area contributed by atoms with Crippen LogP contribution in [-0.2, 0) is 14.3 Å². The van der Waals surface area contributed by atoms with Crippen molar-refractivity contribution in [3.63, 3.8) is 0 Å². The van der Waals surface area contributed by atoms with Crippen LogP contribution in [0.25, 0.3) is 11.3 Å². The highest BCUT2D eigenvalue weighted by Crippen LogP contribution is 2.35. The van der Waals surface area contributed by atoms with Gasteiger partial charge >= 0.3 is 12.2 Å². The lowest BCUT2D eigenvalue weighted by Gasteiger charge is -2.34. The molecule has 5 rings (SSSR count). The molecule has 1 aromatic heterocycles. The Morgan fingerprint density at radius 1 is 1.19 bits per heavy atom. The maximum absolute atomic E-state index is 14.7. The van der Waals surface area contributed by atoms with E-state index in [1.807, 2.05) is 6.92 Å². The van der Waals surface area contributed by atoms with Crippen LogP contribution < -0.4 is 10.6 Å². The van der Waals surface area contributed by atoms with Gasteiger partial charge in [-0.3, -0.25) is 10.1 Å². The molecule has 1 fully saturated rings. The first-order valence-electron chi connectivity index (χ1n) is 14.4. The fourth-order valence-corrected chi connectivity index (χ4v) is 5.69. The van der Waals surface area contributed by atoms with E-state index < -0.39 is 29.9 Å². The van der Waals surface area contributed by atoms with Crippen LogP contribution in [0.5, 0.6) is 0 Å². The molecule has 0 saturated carbocycles. The Morgan fingerprint density at radius 2 is 2.00 bits per heavy atom. The van der Waals surface area contributed by atoms with Gasteiger partial charge in [-0.25, -0.2) is 23.4 Å². The summed E-state index contributed by atoms with van der Waals surface area (Å²) >= 11 is 0. The number of carbonyl (C=O) groups is 3. The number of H-pyrrole nitrogens is 1. The normalized spacial score (nSPS) is 21.0. The zero-order chi connectivity index (χ0) is 30.7. The Morgan fingerprint density at radius 3 is 2.77 bits per heavy atom. The number of amides is 3. The van der Waals surface area contributed by atoms with Gasteiger partial charge < -0.3 is 24.7 Å². The number of nitrogens with one attached hydrogen (secondary N) is 3. The molecule has 0 spiro atoms. The number of benzene rings is 2. The molecule has 10 nitrogen and oxygen atoms in total. The highest BCUT2D eigenvalue weighted by atomic mass is 19.1. The van der Waals surface area contributed by atoms with E-state index in [4.69, 9.17) is 4.74 Å². The second-order valence-corrected chi connectivity index (χ2v) is 11.2. The summed E-state index contributed by atoms with van der Waals surface area (Å²) in [4.78, 5) is 47.3. The number of methoxy groups -OCH3 is 1. The van der Waals surface area contributed by atoms with E-state index in [1.165, 1.54) is 19.2 Å². The van der Waals surface area contributed by atoms with E-state index >= 15 is 0 Å². The van der Waals surface area contributed by atoms with Crippen molar-refractivity contribution in [1.29, 1.82) is 0 Å². The van der Waals surface area contributed by atoms with Gasteiger partial charge in [0.2, 0.25) is 5.91 Å². The van der Waals surface area contributed by atoms with Crippen molar-refractivity contribution in [1.82, 2.24) is 14.9 Å². The van der Waals surface area contributed by atoms with E-state index in [2.05, 4.69) is 25.3 Å². The lowest BCUT2D eigenvalue weighted by molar-refractivity contribution is -0.117. The smallest absolute Gasteiger partial charge is 0.411 e. The molecule has 12 heteroatoms. The number of fused-ring (bicyclic) bond motifs is 4. The maximum atomic E-state index is 14.7. The molecule has 0 aliphatic carbocycles.